The molecule has 7 heteroatoms. The molecule has 0 saturated carbocycles. The molecular formula is C16H22O6S. The number of ether oxygens (including phenoxy) is 1. The summed E-state index contributed by atoms with van der Waals surface area (Å²) in [4.78, 5) is 23.9. The van der Waals surface area contributed by atoms with Crippen LogP contribution < -0.4 is 0 Å². The van der Waals surface area contributed by atoms with Gasteiger partial charge in [-0.25, -0.2) is 0 Å². The molecule has 0 fully saturated rings. The minimum absolute atomic E-state index is 0.132. The summed E-state index contributed by atoms with van der Waals surface area (Å²) < 4.78 is 36.2. The standard InChI is InChI=1S/C16H22O6S/c1-12(2)9-16(10-13(3)17,23(19,20)21)15(18)22-11-14-7-5-4-6-8-14/h4-8,12H,9-11H2,1-3H3,(H,19,20,21). The van der Waals surface area contributed by atoms with Crippen LogP contribution in [0.15, 0.2) is 30.3 Å². The van der Waals surface area contributed by atoms with Crippen molar-refractivity contribution in [2.24, 2.45) is 5.92 Å². The molecule has 23 heavy (non-hydrogen) atoms. The van der Waals surface area contributed by atoms with Gasteiger partial charge in [0.1, 0.15) is 12.4 Å². The number of ketones is 1. The quantitative estimate of drug-likeness (QED) is 0.575. The monoisotopic (exact) mass is 342 g/mol. The van der Waals surface area contributed by atoms with E-state index in [0.29, 0.717) is 5.56 Å². The van der Waals surface area contributed by atoms with E-state index in [0.717, 1.165) is 0 Å². The molecule has 0 aliphatic rings. The van der Waals surface area contributed by atoms with Crippen LogP contribution in [0, 0.1) is 5.92 Å². The average molecular weight is 342 g/mol. The first-order chi connectivity index (χ1) is 10.6. The average Bonchev–Trinajstić information content (AvgIpc) is 2.42. The van der Waals surface area contributed by atoms with Gasteiger partial charge in [-0.3, -0.25) is 14.1 Å². The van der Waals surface area contributed by atoms with E-state index in [9.17, 15) is 22.6 Å². The third kappa shape index (κ3) is 5.14. The molecule has 1 N–H and O–H groups in total. The maximum absolute atomic E-state index is 12.4. The normalized spacial score (nSPS) is 14.3. The Bertz CT molecular complexity index is 650. The molecule has 0 radical (unpaired) electrons. The fraction of sp³-hybridized carbons (Fsp3) is 0.500. The SMILES string of the molecule is CC(=O)CC(CC(C)C)(C(=O)OCc1ccccc1)S(=O)(=O)O. The van der Waals surface area contributed by atoms with Crippen molar-refractivity contribution in [1.82, 2.24) is 0 Å². The summed E-state index contributed by atoms with van der Waals surface area (Å²) >= 11 is 0. The van der Waals surface area contributed by atoms with Gasteiger partial charge >= 0.3 is 5.97 Å². The molecule has 1 aromatic rings. The van der Waals surface area contributed by atoms with E-state index in [1.165, 1.54) is 6.92 Å². The molecule has 6 nitrogen and oxygen atoms in total. The predicted octanol–water partition coefficient (Wildman–Crippen LogP) is 2.38. The second-order valence-corrected chi connectivity index (χ2v) is 7.74. The van der Waals surface area contributed by atoms with Gasteiger partial charge in [-0.2, -0.15) is 8.42 Å². The van der Waals surface area contributed by atoms with Gasteiger partial charge in [-0.05, 0) is 24.8 Å². The first-order valence-corrected chi connectivity index (χ1v) is 8.70. The third-order valence-electron chi connectivity index (χ3n) is 3.35. The molecule has 0 amide bonds. The van der Waals surface area contributed by atoms with Gasteiger partial charge in [0.15, 0.2) is 0 Å². The maximum Gasteiger partial charge on any atom is 0.330 e. The Morgan fingerprint density at radius 2 is 1.78 bits per heavy atom. The smallest absolute Gasteiger partial charge is 0.330 e. The van der Waals surface area contributed by atoms with E-state index in [1.54, 1.807) is 44.2 Å². The molecule has 0 bridgehead atoms. The van der Waals surface area contributed by atoms with Gasteiger partial charge in [-0.1, -0.05) is 44.2 Å². The van der Waals surface area contributed by atoms with Gasteiger partial charge in [0.25, 0.3) is 10.1 Å². The van der Waals surface area contributed by atoms with Crippen LogP contribution in [0.4, 0.5) is 0 Å². The van der Waals surface area contributed by atoms with Crippen molar-refractivity contribution in [2.45, 2.75) is 45.0 Å². The van der Waals surface area contributed by atoms with Crippen molar-refractivity contribution in [1.29, 1.82) is 0 Å². The Balaban J connectivity index is 3.10. The van der Waals surface area contributed by atoms with Gasteiger partial charge in [0, 0.05) is 6.42 Å². The lowest BCUT2D eigenvalue weighted by molar-refractivity contribution is -0.150. The molecule has 128 valence electrons. The van der Waals surface area contributed by atoms with Crippen LogP contribution in [0.1, 0.15) is 39.2 Å². The van der Waals surface area contributed by atoms with E-state index in [2.05, 4.69) is 0 Å². The topological polar surface area (TPSA) is 97.7 Å². The molecular weight excluding hydrogens is 320 g/mol. The Morgan fingerprint density at radius 1 is 1.22 bits per heavy atom. The Morgan fingerprint density at radius 3 is 2.22 bits per heavy atom. The van der Waals surface area contributed by atoms with E-state index in [4.69, 9.17) is 4.74 Å². The van der Waals surface area contributed by atoms with Crippen molar-refractivity contribution in [3.63, 3.8) is 0 Å². The summed E-state index contributed by atoms with van der Waals surface area (Å²) in [6, 6.07) is 8.74. The van der Waals surface area contributed by atoms with Crippen LogP contribution >= 0.6 is 0 Å². The lowest BCUT2D eigenvalue weighted by Gasteiger charge is -2.29. The summed E-state index contributed by atoms with van der Waals surface area (Å²) in [6.45, 7) is 4.44. The Kier molecular flexibility index (Phi) is 6.47. The number of carbonyl (C=O) groups excluding carboxylic acids is 2. The zero-order valence-corrected chi connectivity index (χ0v) is 14.3. The van der Waals surface area contributed by atoms with Crippen molar-refractivity contribution in [3.8, 4) is 0 Å². The third-order valence-corrected chi connectivity index (χ3v) is 4.82. The van der Waals surface area contributed by atoms with Gasteiger partial charge < -0.3 is 4.74 Å². The number of rotatable bonds is 8. The fourth-order valence-corrected chi connectivity index (χ4v) is 3.64. The Hall–Kier alpha value is -1.73. The molecule has 1 atom stereocenters. The molecule has 0 heterocycles. The van der Waals surface area contributed by atoms with Crippen LogP contribution in [-0.2, 0) is 31.1 Å². The summed E-state index contributed by atoms with van der Waals surface area (Å²) in [5, 5.41) is 0. The lowest BCUT2D eigenvalue weighted by Crippen LogP contribution is -2.49. The second-order valence-electron chi connectivity index (χ2n) is 6.01. The minimum Gasteiger partial charge on any atom is -0.460 e. The first kappa shape index (κ1) is 19.3. The molecule has 0 aliphatic carbocycles. The van der Waals surface area contributed by atoms with Gasteiger partial charge in [-0.15, -0.1) is 0 Å². The lowest BCUT2D eigenvalue weighted by atomic mass is 9.91. The highest BCUT2D eigenvalue weighted by atomic mass is 32.2. The molecule has 0 spiro atoms. The summed E-state index contributed by atoms with van der Waals surface area (Å²) in [7, 11) is -4.82. The van der Waals surface area contributed by atoms with E-state index in [-0.39, 0.29) is 18.9 Å². The fourth-order valence-electron chi connectivity index (χ4n) is 2.45. The number of carbonyl (C=O) groups is 2. The zero-order chi connectivity index (χ0) is 17.7. The van der Waals surface area contributed by atoms with Crippen LogP contribution in [0.2, 0.25) is 0 Å². The maximum atomic E-state index is 12.4. The minimum atomic E-state index is -4.82. The number of Topliss-reactive ketones (excluding diaryl/α,β-unsaturated/α-hetero) is 1. The number of hydrogen-bond acceptors (Lipinski definition) is 5. The highest BCUT2D eigenvalue weighted by Gasteiger charge is 2.52. The molecule has 1 rings (SSSR count). The summed E-state index contributed by atoms with van der Waals surface area (Å²) in [6.07, 6.45) is -0.809. The molecule has 0 aliphatic heterocycles. The van der Waals surface area contributed by atoms with Crippen LogP contribution in [0.25, 0.3) is 0 Å². The number of hydrogen-bond donors (Lipinski definition) is 1. The van der Waals surface area contributed by atoms with Crippen LogP contribution in [0.5, 0.6) is 0 Å². The van der Waals surface area contributed by atoms with E-state index >= 15 is 0 Å². The van der Waals surface area contributed by atoms with Crippen molar-refractivity contribution in [2.75, 3.05) is 0 Å². The molecule has 0 saturated heterocycles. The Labute approximate surface area is 136 Å². The number of benzene rings is 1. The van der Waals surface area contributed by atoms with Crippen molar-refractivity contribution < 1.29 is 27.3 Å². The van der Waals surface area contributed by atoms with Crippen LogP contribution in [-0.4, -0.2) is 29.5 Å². The van der Waals surface area contributed by atoms with Crippen LogP contribution in [0.3, 0.4) is 0 Å². The first-order valence-electron chi connectivity index (χ1n) is 7.26. The van der Waals surface area contributed by atoms with Gasteiger partial charge in [0.05, 0.1) is 0 Å². The van der Waals surface area contributed by atoms with E-state index in [1.807, 2.05) is 0 Å². The molecule has 0 aromatic heterocycles. The second kappa shape index (κ2) is 7.70. The summed E-state index contributed by atoms with van der Waals surface area (Å²) in [5.74, 6) is -1.85. The number of esters is 1. The highest BCUT2D eigenvalue weighted by molar-refractivity contribution is 7.88. The largest absolute Gasteiger partial charge is 0.460 e. The molecule has 1 unspecified atom stereocenters. The van der Waals surface area contributed by atoms with Crippen molar-refractivity contribution >= 4 is 21.9 Å². The highest BCUT2D eigenvalue weighted by Crippen LogP contribution is 2.31. The van der Waals surface area contributed by atoms with Gasteiger partial charge in [0.2, 0.25) is 4.75 Å². The predicted molar refractivity (Wildman–Crippen MR) is 85.3 cm³/mol. The van der Waals surface area contributed by atoms with E-state index < -0.39 is 33.0 Å². The zero-order valence-electron chi connectivity index (χ0n) is 13.5. The molecule has 1 aromatic carbocycles. The van der Waals surface area contributed by atoms with Crippen molar-refractivity contribution in [3.05, 3.63) is 35.9 Å². The summed E-state index contributed by atoms with van der Waals surface area (Å²) in [5.41, 5.74) is 0.678.